The first-order valence-electron chi connectivity index (χ1n) is 7.45. The molecule has 3 aromatic carbocycles. The van der Waals surface area contributed by atoms with Crippen molar-refractivity contribution in [1.29, 1.82) is 0 Å². The number of benzene rings is 3. The second-order valence-corrected chi connectivity index (χ2v) is 7.43. The van der Waals surface area contributed by atoms with Crippen LogP contribution in [0.2, 0.25) is 0 Å². The van der Waals surface area contributed by atoms with Crippen molar-refractivity contribution in [2.75, 3.05) is 0 Å². The summed E-state index contributed by atoms with van der Waals surface area (Å²) in [6.07, 6.45) is 0. The summed E-state index contributed by atoms with van der Waals surface area (Å²) in [5, 5.41) is 0. The van der Waals surface area contributed by atoms with Crippen LogP contribution in [0.25, 0.3) is 22.3 Å². The van der Waals surface area contributed by atoms with Gasteiger partial charge >= 0.3 is 0 Å². The van der Waals surface area contributed by atoms with Gasteiger partial charge in [-0.15, -0.1) is 0 Å². The van der Waals surface area contributed by atoms with Crippen molar-refractivity contribution in [3.63, 3.8) is 0 Å². The van der Waals surface area contributed by atoms with Crippen LogP contribution in [0.5, 0.6) is 0 Å². The second kappa shape index (κ2) is 6.97. The zero-order valence-corrected chi connectivity index (χ0v) is 15.0. The van der Waals surface area contributed by atoms with Crippen molar-refractivity contribution in [2.45, 2.75) is 10.8 Å². The highest BCUT2D eigenvalue weighted by atomic mass is 127. The van der Waals surface area contributed by atoms with E-state index in [9.17, 15) is 13.2 Å². The summed E-state index contributed by atoms with van der Waals surface area (Å²) in [5.74, 6) is -1.21. The van der Waals surface area contributed by atoms with Crippen LogP contribution in [-0.2, 0) is 0 Å². The summed E-state index contributed by atoms with van der Waals surface area (Å²) in [7, 11) is 0. The Labute approximate surface area is 152 Å². The van der Waals surface area contributed by atoms with Crippen LogP contribution in [-0.4, -0.2) is 0 Å². The molecule has 0 aliphatic rings. The number of rotatable bonds is 3. The van der Waals surface area contributed by atoms with Gasteiger partial charge in [0.05, 0.1) is 0 Å². The van der Waals surface area contributed by atoms with E-state index in [-0.39, 0.29) is 15.6 Å². The van der Waals surface area contributed by atoms with Crippen molar-refractivity contribution in [1.82, 2.24) is 0 Å². The van der Waals surface area contributed by atoms with E-state index in [1.165, 1.54) is 36.4 Å². The van der Waals surface area contributed by atoms with E-state index in [1.54, 1.807) is 18.2 Å². The molecule has 4 heteroatoms. The third kappa shape index (κ3) is 3.48. The van der Waals surface area contributed by atoms with Crippen LogP contribution < -0.4 is 0 Å². The van der Waals surface area contributed by atoms with Gasteiger partial charge in [0.25, 0.3) is 0 Å². The van der Waals surface area contributed by atoms with E-state index in [4.69, 9.17) is 0 Å². The fourth-order valence-electron chi connectivity index (χ4n) is 2.56. The molecular weight excluding hydrogens is 424 g/mol. The third-order valence-electron chi connectivity index (χ3n) is 3.89. The largest absolute Gasteiger partial charge is 0.207 e. The SMILES string of the molecule is C[C@H](I)c1ccc(-c2ccc(-c3ccc(F)cc3)c(F)c2)c(F)c1. The molecule has 3 rings (SSSR count). The minimum absolute atomic E-state index is 0.198. The van der Waals surface area contributed by atoms with Crippen LogP contribution >= 0.6 is 22.6 Å². The molecule has 0 saturated carbocycles. The highest BCUT2D eigenvalue weighted by Crippen LogP contribution is 2.31. The fourth-order valence-corrected chi connectivity index (χ4v) is 2.95. The average molecular weight is 438 g/mol. The van der Waals surface area contributed by atoms with Crippen molar-refractivity contribution >= 4 is 22.6 Å². The quantitative estimate of drug-likeness (QED) is 0.307. The summed E-state index contributed by atoms with van der Waals surface area (Å²) >= 11 is 2.22. The molecule has 0 spiro atoms. The van der Waals surface area contributed by atoms with Gasteiger partial charge in [-0.1, -0.05) is 59.0 Å². The van der Waals surface area contributed by atoms with Crippen molar-refractivity contribution in [3.05, 3.63) is 83.7 Å². The molecule has 24 heavy (non-hydrogen) atoms. The maximum atomic E-state index is 14.4. The van der Waals surface area contributed by atoms with Gasteiger partial charge in [-0.25, -0.2) is 13.2 Å². The smallest absolute Gasteiger partial charge is 0.131 e. The van der Waals surface area contributed by atoms with Gasteiger partial charge in [-0.3, -0.25) is 0 Å². The van der Waals surface area contributed by atoms with Gasteiger partial charge in [0.1, 0.15) is 17.5 Å². The van der Waals surface area contributed by atoms with E-state index in [1.807, 2.05) is 13.0 Å². The molecule has 0 saturated heterocycles. The first-order valence-corrected chi connectivity index (χ1v) is 8.69. The number of halogens is 4. The zero-order valence-electron chi connectivity index (χ0n) is 12.9. The Morgan fingerprint density at radius 3 is 1.83 bits per heavy atom. The summed E-state index contributed by atoms with van der Waals surface area (Å²) in [5.41, 5.74) is 2.66. The summed E-state index contributed by atoms with van der Waals surface area (Å²) in [4.78, 5) is 0. The molecule has 0 radical (unpaired) electrons. The number of hydrogen-bond acceptors (Lipinski definition) is 0. The minimum atomic E-state index is -0.468. The Hall–Kier alpha value is -1.82. The molecule has 0 fully saturated rings. The first kappa shape index (κ1) is 17.0. The van der Waals surface area contributed by atoms with Crippen LogP contribution in [0, 0.1) is 17.5 Å². The number of hydrogen-bond donors (Lipinski definition) is 0. The molecule has 0 unspecified atom stereocenters. The third-order valence-corrected chi connectivity index (χ3v) is 4.61. The van der Waals surface area contributed by atoms with Crippen LogP contribution in [0.3, 0.4) is 0 Å². The Morgan fingerprint density at radius 1 is 0.708 bits per heavy atom. The predicted molar refractivity (Wildman–Crippen MR) is 99.6 cm³/mol. The first-order chi connectivity index (χ1) is 11.5. The molecule has 0 amide bonds. The summed E-state index contributed by atoms with van der Waals surface area (Å²) in [6.45, 7) is 1.98. The second-order valence-electron chi connectivity index (χ2n) is 5.56. The average Bonchev–Trinajstić information content (AvgIpc) is 2.55. The lowest BCUT2D eigenvalue weighted by Crippen LogP contribution is -1.92. The highest BCUT2D eigenvalue weighted by molar-refractivity contribution is 14.1. The number of alkyl halides is 1. The maximum absolute atomic E-state index is 14.4. The maximum Gasteiger partial charge on any atom is 0.131 e. The summed E-state index contributed by atoms with van der Waals surface area (Å²) < 4.78 is 42.0. The summed E-state index contributed by atoms with van der Waals surface area (Å²) in [6, 6.07) is 15.2. The molecule has 0 aromatic heterocycles. The Morgan fingerprint density at radius 2 is 1.25 bits per heavy atom. The van der Waals surface area contributed by atoms with Crippen LogP contribution in [0.15, 0.2) is 60.7 Å². The standard InChI is InChI=1S/C20H14F3I/c1-12(24)14-4-8-18(19(22)10-14)15-5-9-17(20(23)11-15)13-2-6-16(21)7-3-13/h2-12H,1H3/t12-/m0/s1. The van der Waals surface area contributed by atoms with E-state index in [0.717, 1.165) is 5.56 Å². The monoisotopic (exact) mass is 438 g/mol. The van der Waals surface area contributed by atoms with Gasteiger partial charge in [-0.2, -0.15) is 0 Å². The highest BCUT2D eigenvalue weighted by Gasteiger charge is 2.12. The topological polar surface area (TPSA) is 0 Å². The lowest BCUT2D eigenvalue weighted by atomic mass is 9.98. The van der Waals surface area contributed by atoms with Crippen molar-refractivity contribution < 1.29 is 13.2 Å². The van der Waals surface area contributed by atoms with Gasteiger partial charge in [0, 0.05) is 15.1 Å². The van der Waals surface area contributed by atoms with Crippen molar-refractivity contribution in [3.8, 4) is 22.3 Å². The molecule has 1 atom stereocenters. The Balaban J connectivity index is 1.99. The molecule has 0 aliphatic carbocycles. The molecule has 0 aliphatic heterocycles. The molecular formula is C20H14F3I. The van der Waals surface area contributed by atoms with E-state index >= 15 is 0 Å². The minimum Gasteiger partial charge on any atom is -0.207 e. The molecule has 0 N–H and O–H groups in total. The van der Waals surface area contributed by atoms with E-state index in [2.05, 4.69) is 22.6 Å². The lowest BCUT2D eigenvalue weighted by Gasteiger charge is -2.10. The van der Waals surface area contributed by atoms with Gasteiger partial charge in [0.15, 0.2) is 0 Å². The van der Waals surface area contributed by atoms with Gasteiger partial charge < -0.3 is 0 Å². The van der Waals surface area contributed by atoms with Gasteiger partial charge in [-0.05, 0) is 47.9 Å². The van der Waals surface area contributed by atoms with E-state index < -0.39 is 5.82 Å². The Bertz CT molecular complexity index is 871. The lowest BCUT2D eigenvalue weighted by molar-refractivity contribution is 0.623. The molecule has 0 bridgehead atoms. The van der Waals surface area contributed by atoms with Gasteiger partial charge in [0.2, 0.25) is 0 Å². The van der Waals surface area contributed by atoms with E-state index in [0.29, 0.717) is 22.3 Å². The molecule has 0 heterocycles. The Kier molecular flexibility index (Phi) is 4.94. The normalized spacial score (nSPS) is 12.2. The predicted octanol–water partition coefficient (Wildman–Crippen LogP) is 6.93. The zero-order chi connectivity index (χ0) is 17.3. The molecule has 3 aromatic rings. The van der Waals surface area contributed by atoms with Crippen LogP contribution in [0.4, 0.5) is 13.2 Å². The van der Waals surface area contributed by atoms with Crippen molar-refractivity contribution in [2.24, 2.45) is 0 Å². The van der Waals surface area contributed by atoms with Crippen LogP contribution in [0.1, 0.15) is 16.4 Å². The fraction of sp³-hybridized carbons (Fsp3) is 0.100. The molecule has 122 valence electrons. The molecule has 0 nitrogen and oxygen atoms in total.